The summed E-state index contributed by atoms with van der Waals surface area (Å²) in [7, 11) is 0. The van der Waals surface area contributed by atoms with E-state index in [9.17, 15) is 9.59 Å². The van der Waals surface area contributed by atoms with Crippen molar-refractivity contribution in [1.29, 1.82) is 0 Å². The molecule has 0 amide bonds. The lowest BCUT2D eigenvalue weighted by atomic mass is 10.0. The molecule has 0 saturated carbocycles. The predicted molar refractivity (Wildman–Crippen MR) is 90.2 cm³/mol. The Morgan fingerprint density at radius 2 is 1.71 bits per heavy atom. The van der Waals surface area contributed by atoms with Crippen LogP contribution in [-0.4, -0.2) is 24.0 Å². The largest absolute Gasteiger partial charge is 0.486 e. The van der Waals surface area contributed by atoms with Gasteiger partial charge in [0.05, 0.1) is 16.5 Å². The van der Waals surface area contributed by atoms with Gasteiger partial charge in [0.15, 0.2) is 17.3 Å². The van der Waals surface area contributed by atoms with Crippen LogP contribution >= 0.6 is 0 Å². The fourth-order valence-corrected chi connectivity index (χ4v) is 2.79. The number of aryl methyl sites for hydroxylation is 1. The number of fused-ring (bicyclic) bond motifs is 2. The van der Waals surface area contributed by atoms with Crippen molar-refractivity contribution in [2.75, 3.05) is 13.2 Å². The van der Waals surface area contributed by atoms with Gasteiger partial charge in [-0.3, -0.25) is 9.59 Å². The number of benzene rings is 2. The van der Waals surface area contributed by atoms with Crippen LogP contribution in [-0.2, 0) is 0 Å². The first-order chi connectivity index (χ1) is 11.6. The molecule has 5 nitrogen and oxygen atoms in total. The summed E-state index contributed by atoms with van der Waals surface area (Å²) in [6.45, 7) is 2.87. The molecule has 120 valence electrons. The highest BCUT2D eigenvalue weighted by molar-refractivity contribution is 6.10. The molecule has 1 aliphatic rings. The molecule has 24 heavy (non-hydrogen) atoms. The zero-order valence-electron chi connectivity index (χ0n) is 13.1. The molecule has 0 radical (unpaired) electrons. The third-order valence-corrected chi connectivity index (χ3v) is 4.10. The van der Waals surface area contributed by atoms with Crippen LogP contribution in [0.2, 0.25) is 0 Å². The van der Waals surface area contributed by atoms with Crippen molar-refractivity contribution < 1.29 is 14.3 Å². The van der Waals surface area contributed by atoms with E-state index < -0.39 is 0 Å². The Kier molecular flexibility index (Phi) is 3.34. The Morgan fingerprint density at radius 3 is 2.42 bits per heavy atom. The Labute approximate surface area is 137 Å². The van der Waals surface area contributed by atoms with E-state index in [1.807, 2.05) is 19.1 Å². The lowest BCUT2D eigenvalue weighted by Crippen LogP contribution is -2.19. The first kappa shape index (κ1) is 14.5. The van der Waals surface area contributed by atoms with Gasteiger partial charge in [-0.2, -0.15) is 0 Å². The average Bonchev–Trinajstić information content (AvgIpc) is 2.61. The molecule has 1 N–H and O–H groups in total. The summed E-state index contributed by atoms with van der Waals surface area (Å²) in [6.07, 6.45) is 1.46. The highest BCUT2D eigenvalue weighted by Gasteiger charge is 2.18. The number of ketones is 1. The standard InChI is InChI=1S/C19H15NO4/c1-11-2-4-12(5-3-11)18(21)14-10-20-15-9-17-16(23-6-7-24-17)8-13(15)19(14)22/h2-5,8-10H,6-7H2,1H3,(H,20,22). The highest BCUT2D eigenvalue weighted by atomic mass is 16.6. The molecule has 5 heteroatoms. The Morgan fingerprint density at radius 1 is 1.04 bits per heavy atom. The van der Waals surface area contributed by atoms with Gasteiger partial charge in [0.25, 0.3) is 0 Å². The van der Waals surface area contributed by atoms with Gasteiger partial charge in [-0.15, -0.1) is 0 Å². The van der Waals surface area contributed by atoms with Crippen LogP contribution < -0.4 is 14.9 Å². The molecule has 2 heterocycles. The van der Waals surface area contributed by atoms with E-state index in [-0.39, 0.29) is 16.8 Å². The van der Waals surface area contributed by atoms with Crippen molar-refractivity contribution in [1.82, 2.24) is 4.98 Å². The maximum Gasteiger partial charge on any atom is 0.200 e. The lowest BCUT2D eigenvalue weighted by molar-refractivity contribution is 0.103. The quantitative estimate of drug-likeness (QED) is 0.737. The smallest absolute Gasteiger partial charge is 0.200 e. The number of hydrogen-bond donors (Lipinski definition) is 1. The van der Waals surface area contributed by atoms with Crippen LogP contribution in [0, 0.1) is 6.92 Å². The topological polar surface area (TPSA) is 68.4 Å². The fraction of sp³-hybridized carbons (Fsp3) is 0.158. The van der Waals surface area contributed by atoms with Crippen LogP contribution in [0.3, 0.4) is 0 Å². The van der Waals surface area contributed by atoms with E-state index in [0.29, 0.717) is 41.2 Å². The molecule has 1 aromatic heterocycles. The van der Waals surface area contributed by atoms with E-state index in [1.165, 1.54) is 6.20 Å². The first-order valence-electron chi connectivity index (χ1n) is 7.70. The molecule has 0 unspecified atom stereocenters. The van der Waals surface area contributed by atoms with Crippen LogP contribution in [0.5, 0.6) is 11.5 Å². The minimum absolute atomic E-state index is 0.114. The van der Waals surface area contributed by atoms with Crippen LogP contribution in [0.1, 0.15) is 21.5 Å². The fourth-order valence-electron chi connectivity index (χ4n) is 2.79. The SMILES string of the molecule is Cc1ccc(C(=O)c2c[nH]c3cc4c(cc3c2=O)OCCO4)cc1. The molecule has 0 saturated heterocycles. The second-order valence-electron chi connectivity index (χ2n) is 5.77. The van der Waals surface area contributed by atoms with Crippen molar-refractivity contribution in [2.24, 2.45) is 0 Å². The molecular formula is C19H15NO4. The number of H-pyrrole nitrogens is 1. The zero-order valence-corrected chi connectivity index (χ0v) is 13.1. The minimum atomic E-state index is -0.314. The summed E-state index contributed by atoms with van der Waals surface area (Å²) in [4.78, 5) is 28.4. The van der Waals surface area contributed by atoms with Gasteiger partial charge >= 0.3 is 0 Å². The molecule has 0 fully saturated rings. The molecular weight excluding hydrogens is 306 g/mol. The summed E-state index contributed by atoms with van der Waals surface area (Å²) in [5.74, 6) is 0.828. The number of pyridine rings is 1. The van der Waals surface area contributed by atoms with Gasteiger partial charge in [0.1, 0.15) is 13.2 Å². The summed E-state index contributed by atoms with van der Waals surface area (Å²) >= 11 is 0. The van der Waals surface area contributed by atoms with Gasteiger partial charge in [0, 0.05) is 17.8 Å². The van der Waals surface area contributed by atoms with Gasteiger partial charge in [-0.05, 0) is 13.0 Å². The molecule has 0 spiro atoms. The van der Waals surface area contributed by atoms with Crippen molar-refractivity contribution in [3.63, 3.8) is 0 Å². The second-order valence-corrected chi connectivity index (χ2v) is 5.77. The lowest BCUT2D eigenvalue weighted by Gasteiger charge is -2.18. The van der Waals surface area contributed by atoms with E-state index >= 15 is 0 Å². The number of carbonyl (C=O) groups is 1. The number of aromatic nitrogens is 1. The van der Waals surface area contributed by atoms with E-state index in [1.54, 1.807) is 24.3 Å². The normalized spacial score (nSPS) is 13.0. The number of hydrogen-bond acceptors (Lipinski definition) is 4. The molecule has 0 atom stereocenters. The van der Waals surface area contributed by atoms with E-state index in [2.05, 4.69) is 4.98 Å². The number of aromatic amines is 1. The van der Waals surface area contributed by atoms with Crippen LogP contribution in [0.25, 0.3) is 10.9 Å². The van der Waals surface area contributed by atoms with Gasteiger partial charge in [0.2, 0.25) is 5.43 Å². The van der Waals surface area contributed by atoms with E-state index in [4.69, 9.17) is 9.47 Å². The van der Waals surface area contributed by atoms with Crippen molar-refractivity contribution >= 4 is 16.7 Å². The molecule has 4 rings (SSSR count). The van der Waals surface area contributed by atoms with Crippen molar-refractivity contribution in [3.8, 4) is 11.5 Å². The third kappa shape index (κ3) is 2.34. The molecule has 1 aliphatic heterocycles. The van der Waals surface area contributed by atoms with Gasteiger partial charge in [-0.25, -0.2) is 0 Å². The number of ether oxygens (including phenoxy) is 2. The molecule has 2 aromatic carbocycles. The van der Waals surface area contributed by atoms with Gasteiger partial charge in [-0.1, -0.05) is 29.8 Å². The summed E-state index contributed by atoms with van der Waals surface area (Å²) < 4.78 is 11.0. The molecule has 0 bridgehead atoms. The van der Waals surface area contributed by atoms with E-state index in [0.717, 1.165) is 5.56 Å². The Balaban J connectivity index is 1.85. The monoisotopic (exact) mass is 321 g/mol. The second kappa shape index (κ2) is 5.53. The number of carbonyl (C=O) groups excluding carboxylic acids is 1. The Bertz CT molecular complexity index is 1000. The highest BCUT2D eigenvalue weighted by Crippen LogP contribution is 2.32. The predicted octanol–water partition coefficient (Wildman–Crippen LogP) is 2.84. The zero-order chi connectivity index (χ0) is 16.7. The maximum atomic E-state index is 12.8. The first-order valence-corrected chi connectivity index (χ1v) is 7.70. The number of nitrogens with one attached hydrogen (secondary N) is 1. The minimum Gasteiger partial charge on any atom is -0.486 e. The summed E-state index contributed by atoms with van der Waals surface area (Å²) in [5.41, 5.74) is 1.96. The number of rotatable bonds is 2. The van der Waals surface area contributed by atoms with Crippen LogP contribution in [0.15, 0.2) is 47.4 Å². The third-order valence-electron chi connectivity index (χ3n) is 4.10. The van der Waals surface area contributed by atoms with Crippen molar-refractivity contribution in [2.45, 2.75) is 6.92 Å². The van der Waals surface area contributed by atoms with Crippen molar-refractivity contribution in [3.05, 3.63) is 69.5 Å². The maximum absolute atomic E-state index is 12.8. The average molecular weight is 321 g/mol. The summed E-state index contributed by atoms with van der Waals surface area (Å²) in [6, 6.07) is 10.5. The Hall–Kier alpha value is -3.08. The molecule has 3 aromatic rings. The summed E-state index contributed by atoms with van der Waals surface area (Å²) in [5, 5.41) is 0.414. The molecule has 0 aliphatic carbocycles. The van der Waals surface area contributed by atoms with Crippen LogP contribution in [0.4, 0.5) is 0 Å². The van der Waals surface area contributed by atoms with Gasteiger partial charge < -0.3 is 14.5 Å².